The zero-order chi connectivity index (χ0) is 37.4. The van der Waals surface area contributed by atoms with Crippen molar-refractivity contribution in [3.63, 3.8) is 0 Å². The van der Waals surface area contributed by atoms with Crippen molar-refractivity contribution in [3.05, 3.63) is 140 Å². The van der Waals surface area contributed by atoms with Gasteiger partial charge in [-0.1, -0.05) is 102 Å². The molecule has 10 rings (SSSR count). The summed E-state index contributed by atoms with van der Waals surface area (Å²) in [7, 11) is 31.7. The van der Waals surface area contributed by atoms with E-state index in [1.165, 1.54) is 10.8 Å². The smallest absolute Gasteiger partial charge is 0.164 e. The second-order valence-electron chi connectivity index (χ2n) is 13.5. The minimum atomic E-state index is 0.115. The summed E-state index contributed by atoms with van der Waals surface area (Å²) in [6.07, 6.45) is 0. The third-order valence-electron chi connectivity index (χ3n) is 10.3. The topological polar surface area (TPSA) is 56.7 Å². The molecule has 0 aliphatic carbocycles. The number of hydrogen-bond donors (Lipinski definition) is 0. The summed E-state index contributed by atoms with van der Waals surface area (Å²) in [6, 6.07) is 47.4. The minimum Gasteiger partial charge on any atom is -0.456 e. The monoisotopic (exact) mass is 690 g/mol. The molecule has 10 heteroatoms. The van der Waals surface area contributed by atoms with Gasteiger partial charge in [-0.25, -0.2) is 15.0 Å². The predicted octanol–water partition coefficient (Wildman–Crippen LogP) is 5.51. The highest BCUT2D eigenvalue weighted by Gasteiger charge is 2.21. The summed E-state index contributed by atoms with van der Waals surface area (Å²) in [4.78, 5) is 14.7. The van der Waals surface area contributed by atoms with Gasteiger partial charge in [0.05, 0.1) is 11.0 Å². The first-order valence-electron chi connectivity index (χ1n) is 17.7. The van der Waals surface area contributed by atoms with Gasteiger partial charge in [-0.2, -0.15) is 0 Å². The van der Waals surface area contributed by atoms with Crippen LogP contribution in [0.5, 0.6) is 0 Å². The van der Waals surface area contributed by atoms with Crippen LogP contribution in [0.4, 0.5) is 0 Å². The number of aromatic nitrogens is 4. The van der Waals surface area contributed by atoms with Crippen LogP contribution in [0.2, 0.25) is 0 Å². The molecule has 0 amide bonds. The molecule has 0 atom stereocenters. The first-order valence-corrected chi connectivity index (χ1v) is 17.7. The Morgan fingerprint density at radius 2 is 1.04 bits per heavy atom. The Labute approximate surface area is 323 Å². The van der Waals surface area contributed by atoms with Gasteiger partial charge in [0, 0.05) is 43.9 Å². The maximum atomic E-state index is 6.55. The molecule has 0 fully saturated rings. The zero-order valence-corrected chi connectivity index (χ0v) is 29.4. The molecule has 0 saturated carbocycles. The second-order valence-corrected chi connectivity index (χ2v) is 13.5. The Morgan fingerprint density at radius 3 is 1.82 bits per heavy atom. The van der Waals surface area contributed by atoms with E-state index in [0.717, 1.165) is 55.3 Å². The minimum absolute atomic E-state index is 0.115. The highest BCUT2D eigenvalue weighted by Crippen LogP contribution is 2.39. The van der Waals surface area contributed by atoms with Crippen LogP contribution in [0.25, 0.3) is 94.7 Å². The molecule has 0 aliphatic rings. The predicted molar refractivity (Wildman–Crippen MR) is 230 cm³/mol. The summed E-state index contributed by atoms with van der Waals surface area (Å²) in [5.74, 6) is 1.03. The van der Waals surface area contributed by atoms with E-state index in [2.05, 4.69) is 89.5 Å². The van der Waals surface area contributed by atoms with Crippen LogP contribution in [0, 0.1) is 0 Å². The van der Waals surface area contributed by atoms with Crippen molar-refractivity contribution in [2.24, 2.45) is 0 Å². The van der Waals surface area contributed by atoms with E-state index < -0.39 is 0 Å². The fraction of sp³-hybridized carbons (Fsp3) is 0. The summed E-state index contributed by atoms with van der Waals surface area (Å²) >= 11 is 0. The lowest BCUT2D eigenvalue weighted by Crippen LogP contribution is -2.55. The van der Waals surface area contributed by atoms with Crippen LogP contribution in [-0.4, -0.2) is 58.8 Å². The summed E-state index contributed by atoms with van der Waals surface area (Å²) < 4.78 is 8.86. The molecule has 5 nitrogen and oxygen atoms in total. The van der Waals surface area contributed by atoms with Crippen molar-refractivity contribution in [2.45, 2.75) is 0 Å². The third-order valence-corrected chi connectivity index (χ3v) is 10.3. The Balaban J connectivity index is 1.14. The number of fused-ring (bicyclic) bond motifs is 6. The molecule has 55 heavy (non-hydrogen) atoms. The molecule has 3 heterocycles. The normalized spacial score (nSPS) is 11.6. The molecule has 0 saturated heterocycles. The van der Waals surface area contributed by atoms with Crippen molar-refractivity contribution in [3.8, 4) is 51.0 Å². The SMILES string of the molecule is [B]c1c([B])c([B])c(-c2nc(-c3ccccc3)nc(-c3cccc4oc5cc(-c6ccc7c(c6)c6ccccc6n7-c6ccccc6)ccc5c34)n2)c([B])c1[B]. The number of hydrogen-bond acceptors (Lipinski definition) is 4. The van der Waals surface area contributed by atoms with Crippen molar-refractivity contribution in [1.29, 1.82) is 0 Å². The van der Waals surface area contributed by atoms with E-state index in [1.807, 2.05) is 54.6 Å². The molecule has 0 bridgehead atoms. The molecule has 244 valence electrons. The van der Waals surface area contributed by atoms with Gasteiger partial charge in [-0.05, 0) is 59.7 Å². The Kier molecular flexibility index (Phi) is 7.70. The molecule has 0 spiro atoms. The molecule has 3 aromatic heterocycles. The first kappa shape index (κ1) is 33.1. The number of furan rings is 1. The van der Waals surface area contributed by atoms with Crippen molar-refractivity contribution < 1.29 is 4.42 Å². The van der Waals surface area contributed by atoms with Crippen LogP contribution >= 0.6 is 0 Å². The number of nitrogens with zero attached hydrogens (tertiary/aromatic N) is 4. The lowest BCUT2D eigenvalue weighted by Gasteiger charge is -2.20. The van der Waals surface area contributed by atoms with Gasteiger partial charge in [0.2, 0.25) is 0 Å². The van der Waals surface area contributed by atoms with Gasteiger partial charge >= 0.3 is 0 Å². The molecule has 0 unspecified atom stereocenters. The number of benzene rings is 7. The molecule has 10 aromatic rings. The average molecular weight is 690 g/mol. The van der Waals surface area contributed by atoms with Gasteiger partial charge < -0.3 is 8.98 Å². The average Bonchev–Trinajstić information content (AvgIpc) is 3.78. The largest absolute Gasteiger partial charge is 0.456 e. The zero-order valence-electron chi connectivity index (χ0n) is 29.4. The van der Waals surface area contributed by atoms with E-state index in [0.29, 0.717) is 22.8 Å². The Bertz CT molecular complexity index is 3130. The lowest BCUT2D eigenvalue weighted by atomic mass is 9.60. The maximum Gasteiger partial charge on any atom is 0.164 e. The van der Waals surface area contributed by atoms with Crippen molar-refractivity contribution in [2.75, 3.05) is 0 Å². The van der Waals surface area contributed by atoms with Crippen LogP contribution < -0.4 is 27.3 Å². The first-order chi connectivity index (χ1) is 26.9. The third kappa shape index (κ3) is 5.27. The molecular formula is C45H23B5N4O. The fourth-order valence-electron chi connectivity index (χ4n) is 7.61. The van der Waals surface area contributed by atoms with Gasteiger partial charge in [0.25, 0.3) is 0 Å². The molecule has 0 N–H and O–H groups in total. The quantitative estimate of drug-likeness (QED) is 0.224. The van der Waals surface area contributed by atoms with Gasteiger partial charge in [-0.3, -0.25) is 0 Å². The summed E-state index contributed by atoms with van der Waals surface area (Å²) in [6.45, 7) is 0. The van der Waals surface area contributed by atoms with E-state index in [1.54, 1.807) is 0 Å². The van der Waals surface area contributed by atoms with Gasteiger partial charge in [0.15, 0.2) is 17.5 Å². The van der Waals surface area contributed by atoms with Crippen LogP contribution in [0.15, 0.2) is 144 Å². The standard InChI is InChI=1S/C45H23B5N4O/c46-38-37(39(47)41(49)42(50)40(38)48)45-52-43(24-10-3-1-4-11-24)51-44(53-45)30-15-9-17-34-36(30)29-20-18-26(23-35(29)55-34)25-19-21-33-31(22-25)28-14-7-8-16-32(28)54(33)27-12-5-2-6-13-27/h1-23H. The van der Waals surface area contributed by atoms with Crippen LogP contribution in [0.3, 0.4) is 0 Å². The fourth-order valence-corrected chi connectivity index (χ4v) is 7.61. The molecular weight excluding hydrogens is 667 g/mol. The number of para-hydroxylation sites is 2. The summed E-state index contributed by atoms with van der Waals surface area (Å²) in [5.41, 5.74) is 9.40. The Morgan fingerprint density at radius 1 is 0.418 bits per heavy atom. The molecule has 10 radical (unpaired) electrons. The van der Waals surface area contributed by atoms with Gasteiger partial charge in [0.1, 0.15) is 50.4 Å². The van der Waals surface area contributed by atoms with E-state index in [9.17, 15) is 0 Å². The van der Waals surface area contributed by atoms with Gasteiger partial charge in [-0.15, -0.1) is 16.4 Å². The van der Waals surface area contributed by atoms with Crippen LogP contribution in [-0.2, 0) is 0 Å². The van der Waals surface area contributed by atoms with Crippen molar-refractivity contribution in [1.82, 2.24) is 19.5 Å². The maximum absolute atomic E-state index is 6.55. The molecule has 7 aromatic carbocycles. The lowest BCUT2D eigenvalue weighted by molar-refractivity contribution is 0.669. The highest BCUT2D eigenvalue weighted by molar-refractivity contribution is 6.68. The molecule has 0 aliphatic heterocycles. The van der Waals surface area contributed by atoms with Crippen LogP contribution in [0.1, 0.15) is 0 Å². The van der Waals surface area contributed by atoms with E-state index in [-0.39, 0.29) is 33.1 Å². The van der Waals surface area contributed by atoms with Crippen molar-refractivity contribution >= 4 is 110 Å². The summed E-state index contributed by atoms with van der Waals surface area (Å²) in [5, 5.41) is 4.14. The Hall–Kier alpha value is -6.53. The van der Waals surface area contributed by atoms with E-state index >= 15 is 0 Å². The highest BCUT2D eigenvalue weighted by atomic mass is 16.3. The number of rotatable bonds is 5. The van der Waals surface area contributed by atoms with E-state index in [4.69, 9.17) is 58.6 Å². The second kappa shape index (κ2) is 12.8.